The van der Waals surface area contributed by atoms with Gasteiger partial charge in [-0.2, -0.15) is 0 Å². The molecule has 1 heterocycles. The summed E-state index contributed by atoms with van der Waals surface area (Å²) in [7, 11) is 1.24. The average Bonchev–Trinajstić information content (AvgIpc) is 2.28. The van der Waals surface area contributed by atoms with E-state index in [9.17, 15) is 13.2 Å². The lowest BCUT2D eigenvalue weighted by Gasteiger charge is -2.25. The van der Waals surface area contributed by atoms with Crippen molar-refractivity contribution in [3.05, 3.63) is 23.4 Å². The van der Waals surface area contributed by atoms with Gasteiger partial charge in [0.2, 0.25) is 5.09 Å². The van der Waals surface area contributed by atoms with E-state index in [1.807, 2.05) is 6.08 Å². The van der Waals surface area contributed by atoms with Gasteiger partial charge >= 0.3 is 0 Å². The van der Waals surface area contributed by atoms with Gasteiger partial charge in [0.25, 0.3) is 9.05 Å². The number of allylic oxidation sites excluding steroid dienone is 1. The van der Waals surface area contributed by atoms with Crippen molar-refractivity contribution in [1.29, 1.82) is 0 Å². The molecule has 1 aliphatic heterocycles. The number of rotatable bonds is 2. The van der Waals surface area contributed by atoms with Crippen molar-refractivity contribution < 1.29 is 17.9 Å². The Labute approximate surface area is 103 Å². The first-order chi connectivity index (χ1) is 7.97. The molecule has 0 aromatic heterocycles. The Bertz CT molecular complexity index is 520. The molecule has 17 heavy (non-hydrogen) atoms. The van der Waals surface area contributed by atoms with Gasteiger partial charge in [0.15, 0.2) is 0 Å². The highest BCUT2D eigenvalue weighted by atomic mass is 35.7. The molecular weight excluding hydrogens is 266 g/mol. The number of hydrogen-bond donors (Lipinski definition) is 0. The van der Waals surface area contributed by atoms with Gasteiger partial charge in [0.1, 0.15) is 11.9 Å². The smallest absolute Gasteiger partial charge is 0.295 e. The van der Waals surface area contributed by atoms with E-state index in [4.69, 9.17) is 15.4 Å². The summed E-state index contributed by atoms with van der Waals surface area (Å²) < 4.78 is 27.4. The topological polar surface area (TPSA) is 72.8 Å². The van der Waals surface area contributed by atoms with Crippen molar-refractivity contribution in [3.8, 4) is 0 Å². The maximum atomic E-state index is 11.3. The van der Waals surface area contributed by atoms with Crippen molar-refractivity contribution >= 4 is 31.7 Å². The normalized spacial score (nSPS) is 28.8. The summed E-state index contributed by atoms with van der Waals surface area (Å²) in [6, 6.07) is 0. The van der Waals surface area contributed by atoms with Crippen LogP contribution in [-0.2, 0) is 18.6 Å². The van der Waals surface area contributed by atoms with Crippen molar-refractivity contribution in [1.82, 2.24) is 0 Å². The number of ether oxygens (including phenoxy) is 1. The molecule has 0 amide bonds. The number of carbonyl (C=O) groups is 1. The second-order valence-electron chi connectivity index (χ2n) is 3.81. The lowest BCUT2D eigenvalue weighted by atomic mass is 9.90. The fraction of sp³-hybridized carbons (Fsp3) is 0.400. The highest BCUT2D eigenvalue weighted by Gasteiger charge is 2.29. The largest absolute Gasteiger partial charge is 0.471 e. The zero-order valence-corrected chi connectivity index (χ0v) is 10.3. The van der Waals surface area contributed by atoms with E-state index in [-0.39, 0.29) is 16.8 Å². The molecule has 0 saturated carbocycles. The van der Waals surface area contributed by atoms with Crippen molar-refractivity contribution in [2.24, 2.45) is 10.9 Å². The predicted molar refractivity (Wildman–Crippen MR) is 63.1 cm³/mol. The third-order valence-electron chi connectivity index (χ3n) is 2.52. The summed E-state index contributed by atoms with van der Waals surface area (Å²) >= 11 is 0. The Morgan fingerprint density at radius 2 is 2.24 bits per heavy atom. The average molecular weight is 276 g/mol. The molecule has 7 heteroatoms. The van der Waals surface area contributed by atoms with Crippen LogP contribution in [0.4, 0.5) is 0 Å². The Balaban J connectivity index is 2.14. The molecule has 0 spiro atoms. The molecule has 2 rings (SSSR count). The molecule has 0 bridgehead atoms. The van der Waals surface area contributed by atoms with Crippen molar-refractivity contribution in [2.75, 3.05) is 0 Å². The van der Waals surface area contributed by atoms with Crippen LogP contribution in [0.3, 0.4) is 0 Å². The van der Waals surface area contributed by atoms with E-state index < -0.39 is 15.2 Å². The molecule has 0 saturated heterocycles. The first kappa shape index (κ1) is 12.3. The minimum atomic E-state index is -3.92. The highest BCUT2D eigenvalue weighted by Crippen LogP contribution is 2.26. The quantitative estimate of drug-likeness (QED) is 0.563. The van der Waals surface area contributed by atoms with Crippen molar-refractivity contribution in [3.63, 3.8) is 0 Å². The summed E-state index contributed by atoms with van der Waals surface area (Å²) in [5, 5.41) is -0.377. The van der Waals surface area contributed by atoms with E-state index in [1.165, 1.54) is 6.21 Å². The van der Waals surface area contributed by atoms with E-state index >= 15 is 0 Å². The first-order valence-corrected chi connectivity index (χ1v) is 7.31. The van der Waals surface area contributed by atoms with Crippen LogP contribution in [0.2, 0.25) is 0 Å². The molecule has 1 aliphatic carbocycles. The summed E-state index contributed by atoms with van der Waals surface area (Å²) in [6.07, 6.45) is 6.28. The Kier molecular flexibility index (Phi) is 3.35. The molecule has 5 nitrogen and oxygen atoms in total. The second kappa shape index (κ2) is 4.62. The Morgan fingerprint density at radius 1 is 1.47 bits per heavy atom. The van der Waals surface area contributed by atoms with Crippen molar-refractivity contribution in [2.45, 2.75) is 18.9 Å². The van der Waals surface area contributed by atoms with E-state index in [2.05, 4.69) is 4.99 Å². The van der Waals surface area contributed by atoms with Gasteiger partial charge in [-0.1, -0.05) is 12.2 Å². The first-order valence-electron chi connectivity index (χ1n) is 5.00. The summed E-state index contributed by atoms with van der Waals surface area (Å²) in [6.45, 7) is 0. The van der Waals surface area contributed by atoms with Gasteiger partial charge in [0.05, 0.1) is 6.20 Å². The van der Waals surface area contributed by atoms with Gasteiger partial charge in [-0.25, -0.2) is 8.42 Å². The van der Waals surface area contributed by atoms with Crippen LogP contribution in [0.25, 0.3) is 0 Å². The molecule has 2 aliphatic rings. The third-order valence-corrected chi connectivity index (χ3v) is 3.66. The predicted octanol–water partition coefficient (Wildman–Crippen LogP) is 1.36. The van der Waals surface area contributed by atoms with Gasteiger partial charge in [-0.15, -0.1) is 0 Å². The molecule has 0 N–H and O–H groups in total. The maximum Gasteiger partial charge on any atom is 0.295 e. The van der Waals surface area contributed by atoms with Gasteiger partial charge in [-0.05, 0) is 0 Å². The minimum Gasteiger partial charge on any atom is -0.471 e. The van der Waals surface area contributed by atoms with Crippen LogP contribution in [-0.4, -0.2) is 26.5 Å². The fourth-order valence-electron chi connectivity index (χ4n) is 1.72. The standard InChI is InChI=1S/C10H10ClNO4S/c11-17(14,15)10-6-12-5-9(16-10)7-2-1-3-8(13)4-7/h1-2,5-7,9H,3-4H2. The van der Waals surface area contributed by atoms with Crippen LogP contribution in [0.1, 0.15) is 12.8 Å². The van der Waals surface area contributed by atoms with Gasteiger partial charge in [0, 0.05) is 35.7 Å². The number of carbonyl (C=O) groups excluding carboxylic acids is 1. The maximum absolute atomic E-state index is 11.3. The second-order valence-corrected chi connectivity index (χ2v) is 6.30. The molecule has 2 unspecified atom stereocenters. The van der Waals surface area contributed by atoms with Crippen LogP contribution >= 0.6 is 10.7 Å². The third kappa shape index (κ3) is 2.95. The van der Waals surface area contributed by atoms with E-state index in [0.29, 0.717) is 12.8 Å². The molecule has 0 aromatic carbocycles. The molecular formula is C10H10ClNO4S. The van der Waals surface area contributed by atoms with Crippen LogP contribution in [0.15, 0.2) is 28.4 Å². The molecule has 2 atom stereocenters. The highest BCUT2D eigenvalue weighted by molar-refractivity contribution is 8.16. The lowest BCUT2D eigenvalue weighted by molar-refractivity contribution is -0.119. The van der Waals surface area contributed by atoms with E-state index in [0.717, 1.165) is 6.20 Å². The zero-order valence-electron chi connectivity index (χ0n) is 8.74. The monoisotopic (exact) mass is 275 g/mol. The summed E-state index contributed by atoms with van der Waals surface area (Å²) in [5.74, 6) is -0.0959. The number of hydrogen-bond acceptors (Lipinski definition) is 5. The summed E-state index contributed by atoms with van der Waals surface area (Å²) in [5.41, 5.74) is 0. The molecule has 92 valence electrons. The van der Waals surface area contributed by atoms with Gasteiger partial charge in [-0.3, -0.25) is 9.79 Å². The molecule has 0 aromatic rings. The van der Waals surface area contributed by atoms with Crippen LogP contribution < -0.4 is 0 Å². The number of halogens is 1. The SMILES string of the molecule is O=C1CC=CC(C2C=NC=C(S(=O)(=O)Cl)O2)C1. The minimum absolute atomic E-state index is 0.0966. The zero-order chi connectivity index (χ0) is 12.5. The lowest BCUT2D eigenvalue weighted by Crippen LogP contribution is -2.30. The molecule has 0 fully saturated rings. The number of aliphatic imine (C=N–C) groups is 1. The Morgan fingerprint density at radius 3 is 2.88 bits per heavy atom. The van der Waals surface area contributed by atoms with E-state index in [1.54, 1.807) is 6.08 Å². The van der Waals surface area contributed by atoms with Crippen LogP contribution in [0, 0.1) is 5.92 Å². The summed E-state index contributed by atoms with van der Waals surface area (Å²) in [4.78, 5) is 15.1. The number of Topliss-reactive ketones (excluding diaryl/α,β-unsaturated/α-hetero) is 1. The van der Waals surface area contributed by atoms with Crippen LogP contribution in [0.5, 0.6) is 0 Å². The van der Waals surface area contributed by atoms with Gasteiger partial charge < -0.3 is 4.74 Å². The Hall–Kier alpha value is -1.14. The molecule has 0 radical (unpaired) electrons. The number of ketones is 1. The fourth-order valence-corrected chi connectivity index (χ4v) is 2.36. The number of nitrogens with zero attached hydrogens (tertiary/aromatic N) is 1.